The van der Waals surface area contributed by atoms with Crippen molar-refractivity contribution in [3.63, 3.8) is 0 Å². The highest BCUT2D eigenvalue weighted by Gasteiger charge is 2.27. The van der Waals surface area contributed by atoms with Gasteiger partial charge in [0.15, 0.2) is 0 Å². The minimum absolute atomic E-state index is 0.291. The number of hydrogen-bond acceptors (Lipinski definition) is 6. The van der Waals surface area contributed by atoms with Gasteiger partial charge in [-0.1, -0.05) is 41.4 Å². The zero-order valence-electron chi connectivity index (χ0n) is 15.8. The number of halogens is 2. The average molecular weight is 481 g/mol. The third kappa shape index (κ3) is 4.68. The summed E-state index contributed by atoms with van der Waals surface area (Å²) in [6, 6.07) is 12.0. The van der Waals surface area contributed by atoms with Crippen LogP contribution in [0.4, 0.5) is 5.13 Å². The first-order valence-corrected chi connectivity index (χ1v) is 12.3. The summed E-state index contributed by atoms with van der Waals surface area (Å²) >= 11 is 13.4. The molecule has 6 nitrogen and oxygen atoms in total. The summed E-state index contributed by atoms with van der Waals surface area (Å²) in [4.78, 5) is 4.79. The van der Waals surface area contributed by atoms with Gasteiger partial charge in [0.05, 0.1) is 21.8 Å². The molecule has 1 aromatic heterocycles. The number of nitrogens with zero attached hydrogens (tertiary/aromatic N) is 3. The Hall–Kier alpha value is -1.97. The number of hydrogen-bond donors (Lipinski definition) is 1. The Morgan fingerprint density at radius 1 is 1.13 bits per heavy atom. The van der Waals surface area contributed by atoms with Gasteiger partial charge in [0.25, 0.3) is 0 Å². The summed E-state index contributed by atoms with van der Waals surface area (Å²) < 4.78 is 27.1. The van der Waals surface area contributed by atoms with Gasteiger partial charge in [0.1, 0.15) is 0 Å². The van der Waals surface area contributed by atoms with Crippen LogP contribution in [0.15, 0.2) is 57.8 Å². The second kappa shape index (κ2) is 9.03. The van der Waals surface area contributed by atoms with Crippen LogP contribution >= 0.6 is 34.5 Å². The van der Waals surface area contributed by atoms with E-state index in [1.807, 2.05) is 11.4 Å². The van der Waals surface area contributed by atoms with Crippen molar-refractivity contribution in [1.29, 1.82) is 0 Å². The Morgan fingerprint density at radius 2 is 1.93 bits per heavy atom. The van der Waals surface area contributed by atoms with Crippen molar-refractivity contribution in [2.24, 2.45) is 5.10 Å². The molecule has 0 bridgehead atoms. The number of sulfonamides is 1. The molecule has 3 aromatic rings. The Kier molecular flexibility index (Phi) is 6.40. The van der Waals surface area contributed by atoms with Gasteiger partial charge in [-0.25, -0.2) is 13.4 Å². The van der Waals surface area contributed by atoms with E-state index < -0.39 is 10.0 Å². The topological polar surface area (TPSA) is 74.7 Å². The van der Waals surface area contributed by atoms with Crippen molar-refractivity contribution in [2.45, 2.75) is 17.7 Å². The maximum Gasteiger partial charge on any atom is 0.243 e. The molecule has 1 N–H and O–H groups in total. The molecule has 1 fully saturated rings. The molecule has 0 amide bonds. The molecule has 2 aromatic carbocycles. The van der Waals surface area contributed by atoms with Crippen LogP contribution in [-0.4, -0.2) is 37.0 Å². The zero-order valence-corrected chi connectivity index (χ0v) is 18.9. The lowest BCUT2D eigenvalue weighted by molar-refractivity contribution is 0.477. The van der Waals surface area contributed by atoms with Crippen molar-refractivity contribution in [2.75, 3.05) is 18.5 Å². The molecule has 0 aliphatic carbocycles. The summed E-state index contributed by atoms with van der Waals surface area (Å²) in [5.41, 5.74) is 5.02. The maximum atomic E-state index is 12.8. The van der Waals surface area contributed by atoms with Gasteiger partial charge < -0.3 is 0 Å². The van der Waals surface area contributed by atoms with E-state index in [4.69, 9.17) is 23.2 Å². The molecule has 156 valence electrons. The smallest absolute Gasteiger partial charge is 0.243 e. The van der Waals surface area contributed by atoms with Gasteiger partial charge in [0, 0.05) is 34.6 Å². The highest BCUT2D eigenvalue weighted by molar-refractivity contribution is 7.89. The predicted octanol–water partition coefficient (Wildman–Crippen LogP) is 5.35. The zero-order chi connectivity index (χ0) is 21.1. The normalized spacial score (nSPS) is 15.1. The molecule has 0 radical (unpaired) electrons. The van der Waals surface area contributed by atoms with Gasteiger partial charge in [-0.05, 0) is 37.1 Å². The Labute approximate surface area is 189 Å². The first-order valence-electron chi connectivity index (χ1n) is 9.24. The van der Waals surface area contributed by atoms with Crippen LogP contribution < -0.4 is 5.43 Å². The molecular weight excluding hydrogens is 463 g/mol. The monoisotopic (exact) mass is 480 g/mol. The minimum Gasteiger partial charge on any atom is -0.253 e. The molecule has 1 saturated heterocycles. The van der Waals surface area contributed by atoms with Gasteiger partial charge in [0.2, 0.25) is 15.2 Å². The van der Waals surface area contributed by atoms with Crippen LogP contribution in [0.2, 0.25) is 10.0 Å². The molecule has 1 aliphatic rings. The van der Waals surface area contributed by atoms with Crippen LogP contribution in [0, 0.1) is 0 Å². The first-order chi connectivity index (χ1) is 14.4. The van der Waals surface area contributed by atoms with E-state index in [0.717, 1.165) is 24.0 Å². The van der Waals surface area contributed by atoms with Crippen molar-refractivity contribution in [3.05, 3.63) is 63.5 Å². The highest BCUT2D eigenvalue weighted by atomic mass is 35.5. The SMILES string of the molecule is O=S(=O)(c1cccc(-c2csc(N/N=C/c3ccc(Cl)cc3Cl)n2)c1)N1CCCC1. The standard InChI is InChI=1S/C20H18Cl2N4O2S2/c21-16-7-6-15(18(22)11-16)12-23-25-20-24-19(13-29-20)14-4-3-5-17(10-14)30(27,28)26-8-1-2-9-26/h3-7,10-13H,1-2,8-9H2,(H,24,25)/b23-12+. The lowest BCUT2D eigenvalue weighted by Crippen LogP contribution is -2.27. The van der Waals surface area contributed by atoms with Crippen molar-refractivity contribution in [1.82, 2.24) is 9.29 Å². The first kappa shape index (κ1) is 21.3. The summed E-state index contributed by atoms with van der Waals surface area (Å²) in [5.74, 6) is 0. The van der Waals surface area contributed by atoms with Crippen molar-refractivity contribution >= 4 is 55.9 Å². The third-order valence-corrected chi connectivity index (χ3v) is 7.87. The Morgan fingerprint density at radius 3 is 2.70 bits per heavy atom. The number of benzene rings is 2. The summed E-state index contributed by atoms with van der Waals surface area (Å²) in [6.07, 6.45) is 3.40. The van der Waals surface area contributed by atoms with E-state index in [9.17, 15) is 8.42 Å². The van der Waals surface area contributed by atoms with Crippen LogP contribution in [0.3, 0.4) is 0 Å². The largest absolute Gasteiger partial charge is 0.253 e. The fraction of sp³-hybridized carbons (Fsp3) is 0.200. The van der Waals surface area contributed by atoms with Gasteiger partial charge in [-0.15, -0.1) is 11.3 Å². The molecule has 1 aliphatic heterocycles. The van der Waals surface area contributed by atoms with Crippen LogP contribution in [0.1, 0.15) is 18.4 Å². The number of anilines is 1. The van der Waals surface area contributed by atoms with Crippen LogP contribution in [0.5, 0.6) is 0 Å². The Balaban J connectivity index is 1.49. The van der Waals surface area contributed by atoms with Crippen LogP contribution in [0.25, 0.3) is 11.3 Å². The summed E-state index contributed by atoms with van der Waals surface area (Å²) in [6.45, 7) is 1.15. The van der Waals surface area contributed by atoms with E-state index in [1.54, 1.807) is 42.6 Å². The molecule has 0 spiro atoms. The molecule has 2 heterocycles. The highest BCUT2D eigenvalue weighted by Crippen LogP contribution is 2.28. The second-order valence-electron chi connectivity index (χ2n) is 6.71. The molecular formula is C20H18Cl2N4O2S2. The predicted molar refractivity (Wildman–Crippen MR) is 123 cm³/mol. The Bertz CT molecular complexity index is 1190. The quantitative estimate of drug-likeness (QED) is 0.381. The van der Waals surface area contributed by atoms with Gasteiger partial charge in [-0.2, -0.15) is 9.41 Å². The number of thiazole rings is 1. The van der Waals surface area contributed by atoms with E-state index in [-0.39, 0.29) is 0 Å². The second-order valence-corrected chi connectivity index (χ2v) is 10.4. The van der Waals surface area contributed by atoms with Crippen molar-refractivity contribution < 1.29 is 8.42 Å². The van der Waals surface area contributed by atoms with E-state index in [1.165, 1.54) is 15.6 Å². The molecule has 10 heteroatoms. The van der Waals surface area contributed by atoms with E-state index >= 15 is 0 Å². The fourth-order valence-electron chi connectivity index (χ4n) is 3.11. The van der Waals surface area contributed by atoms with E-state index in [2.05, 4.69) is 15.5 Å². The van der Waals surface area contributed by atoms with Crippen LogP contribution in [-0.2, 0) is 10.0 Å². The molecule has 30 heavy (non-hydrogen) atoms. The summed E-state index contributed by atoms with van der Waals surface area (Å²) in [5, 5.41) is 7.66. The number of hydrazone groups is 1. The minimum atomic E-state index is -3.47. The van der Waals surface area contributed by atoms with Gasteiger partial charge in [-0.3, -0.25) is 5.43 Å². The summed E-state index contributed by atoms with van der Waals surface area (Å²) in [7, 11) is -3.47. The van der Waals surface area contributed by atoms with E-state index in [0.29, 0.717) is 38.9 Å². The van der Waals surface area contributed by atoms with Gasteiger partial charge >= 0.3 is 0 Å². The lowest BCUT2D eigenvalue weighted by atomic mass is 10.2. The lowest BCUT2D eigenvalue weighted by Gasteiger charge is -2.15. The molecule has 4 rings (SSSR count). The number of rotatable bonds is 6. The third-order valence-electron chi connectivity index (χ3n) is 4.66. The number of aromatic nitrogens is 1. The maximum absolute atomic E-state index is 12.8. The fourth-order valence-corrected chi connectivity index (χ4v) is 5.80. The molecule has 0 unspecified atom stereocenters. The van der Waals surface area contributed by atoms with Crippen molar-refractivity contribution in [3.8, 4) is 11.3 Å². The number of nitrogens with one attached hydrogen (secondary N) is 1. The molecule has 0 atom stereocenters. The molecule has 0 saturated carbocycles. The average Bonchev–Trinajstić information content (AvgIpc) is 3.42.